The van der Waals surface area contributed by atoms with Crippen LogP contribution < -0.4 is 0 Å². The zero-order chi connectivity index (χ0) is 29.1. The molecule has 10 nitrogen and oxygen atoms in total. The molecule has 0 radical (unpaired) electrons. The Labute approximate surface area is 257 Å². The molecule has 6 fully saturated rings. The normalized spacial score (nSPS) is 51.6. The van der Waals surface area contributed by atoms with E-state index in [0.29, 0.717) is 12.2 Å². The van der Waals surface area contributed by atoms with Gasteiger partial charge in [0, 0.05) is 69.6 Å². The zero-order valence-corrected chi connectivity index (χ0v) is 26.6. The van der Waals surface area contributed by atoms with Crippen LogP contribution in [0, 0.1) is 34.5 Å². The van der Waals surface area contributed by atoms with Gasteiger partial charge in [0.15, 0.2) is 0 Å². The van der Waals surface area contributed by atoms with Crippen molar-refractivity contribution in [2.45, 2.75) is 67.0 Å². The summed E-state index contributed by atoms with van der Waals surface area (Å²) in [4.78, 5) is 15.8. The average molecular weight is 655 g/mol. The largest absolute Gasteiger partial charge is 0.455 e. The first-order valence-electron chi connectivity index (χ1n) is 14.8. The van der Waals surface area contributed by atoms with Gasteiger partial charge in [-0.1, -0.05) is 18.2 Å². The van der Waals surface area contributed by atoms with Crippen molar-refractivity contribution in [1.82, 2.24) is 4.90 Å². The van der Waals surface area contributed by atoms with Crippen LogP contribution in [0.3, 0.4) is 0 Å². The van der Waals surface area contributed by atoms with Gasteiger partial charge in [-0.05, 0) is 44.4 Å². The number of hydrogen-bond donors (Lipinski definition) is 3. The van der Waals surface area contributed by atoms with Gasteiger partial charge in [0.05, 0.1) is 24.4 Å². The topological polar surface area (TPSA) is 127 Å². The molecule has 0 aromatic heterocycles. The van der Waals surface area contributed by atoms with Gasteiger partial charge in [-0.3, -0.25) is 0 Å². The van der Waals surface area contributed by atoms with E-state index >= 15 is 0 Å². The van der Waals surface area contributed by atoms with Crippen molar-refractivity contribution in [3.63, 3.8) is 0 Å². The summed E-state index contributed by atoms with van der Waals surface area (Å²) in [5, 5.41) is 37.6. The molecular weight excluding hydrogens is 610 g/mol. The predicted molar refractivity (Wildman–Crippen MR) is 155 cm³/mol. The van der Waals surface area contributed by atoms with Gasteiger partial charge < -0.3 is 43.9 Å². The molecular formula is C31H44BrNO9. The highest BCUT2D eigenvalue weighted by atomic mass is 79.9. The Balaban J connectivity index is 0.00000316. The number of halogens is 1. The van der Waals surface area contributed by atoms with Crippen molar-refractivity contribution in [2.75, 3.05) is 48.6 Å². The van der Waals surface area contributed by atoms with E-state index in [9.17, 15) is 20.1 Å². The average Bonchev–Trinajstić information content (AvgIpc) is 3.36. The Morgan fingerprint density at radius 3 is 2.36 bits per heavy atom. The molecule has 7 bridgehead atoms. The van der Waals surface area contributed by atoms with Crippen LogP contribution in [-0.4, -0.2) is 123 Å². The van der Waals surface area contributed by atoms with E-state index in [2.05, 4.69) is 11.9 Å². The van der Waals surface area contributed by atoms with E-state index in [-0.39, 0.29) is 52.8 Å². The SMILES string of the molecule is Br.COC[C@@]12CC[C@H](OC)[C@]34C([C@@H]([C@H](OC)[C@H]13)[C@]1(O)[C@H]3[C@@H](OC(=O)c5ccccc5)[C@](O)(C[C@H]34)[C@@H](OC)[C@@H]1O)N(C)C2. The van der Waals surface area contributed by atoms with Crippen LogP contribution in [-0.2, 0) is 23.7 Å². The van der Waals surface area contributed by atoms with Crippen LogP contribution >= 0.6 is 17.0 Å². The lowest BCUT2D eigenvalue weighted by Crippen LogP contribution is -2.79. The predicted octanol–water partition coefficient (Wildman–Crippen LogP) is 1.29. The van der Waals surface area contributed by atoms with Crippen molar-refractivity contribution in [3.8, 4) is 0 Å². The molecule has 0 amide bonds. The summed E-state index contributed by atoms with van der Waals surface area (Å²) in [6.45, 7) is 1.29. The Hall–Kier alpha value is -1.15. The molecule has 7 rings (SSSR count). The van der Waals surface area contributed by atoms with Gasteiger partial charge in [-0.25, -0.2) is 4.79 Å². The molecule has 1 aromatic carbocycles. The number of nitrogens with zero attached hydrogens (tertiary/aromatic N) is 1. The minimum Gasteiger partial charge on any atom is -0.455 e. The van der Waals surface area contributed by atoms with Gasteiger partial charge in [-0.2, -0.15) is 0 Å². The highest BCUT2D eigenvalue weighted by Gasteiger charge is 2.90. The third kappa shape index (κ3) is 3.35. The summed E-state index contributed by atoms with van der Waals surface area (Å²) in [5.74, 6) is -2.30. The smallest absolute Gasteiger partial charge is 0.338 e. The molecule has 14 atom stereocenters. The van der Waals surface area contributed by atoms with Crippen LogP contribution in [0.2, 0.25) is 0 Å². The molecule has 1 unspecified atom stereocenters. The number of fused-ring (bicyclic) bond motifs is 2. The van der Waals surface area contributed by atoms with E-state index in [1.54, 1.807) is 45.6 Å². The molecule has 3 N–H and O–H groups in total. The minimum absolute atomic E-state index is 0. The number of ether oxygens (including phenoxy) is 5. The van der Waals surface area contributed by atoms with Crippen molar-refractivity contribution < 1.29 is 43.8 Å². The number of carbonyl (C=O) groups excluding carboxylic acids is 1. The second kappa shape index (κ2) is 10.2. The maximum absolute atomic E-state index is 13.5. The molecule has 42 heavy (non-hydrogen) atoms. The Morgan fingerprint density at radius 2 is 1.74 bits per heavy atom. The third-order valence-corrected chi connectivity index (χ3v) is 12.5. The highest BCUT2D eigenvalue weighted by Crippen LogP contribution is 2.80. The first-order valence-corrected chi connectivity index (χ1v) is 14.8. The van der Waals surface area contributed by atoms with Gasteiger partial charge >= 0.3 is 5.97 Å². The molecule has 234 valence electrons. The fourth-order valence-corrected chi connectivity index (χ4v) is 11.8. The molecule has 5 saturated carbocycles. The van der Waals surface area contributed by atoms with Gasteiger partial charge in [0.25, 0.3) is 0 Å². The number of esters is 1. The standard InChI is InChI=1S/C31H43NO9.BrH/c1-32-14-28(15-37-2)12-11-18(38-3)30-17-13-29(35)25(41-27(34)16-9-7-6-8-10-16)19(17)31(36,24(33)26(29)40-5)20(23(30)32)21(39-4)22(28)30;/h6-10,17-26,33,35-36H,11-15H2,1-5H3;1H/t17-,18+,19-,20-,21+,22-,23?,24+,25-,26+,28+,29-,30+,31-;/m1./s1. The van der Waals surface area contributed by atoms with Crippen LogP contribution in [0.4, 0.5) is 0 Å². The molecule has 1 saturated heterocycles. The summed E-state index contributed by atoms with van der Waals surface area (Å²) in [5.41, 5.74) is -3.95. The Bertz CT molecular complexity index is 1210. The van der Waals surface area contributed by atoms with Crippen LogP contribution in [0.5, 0.6) is 0 Å². The zero-order valence-electron chi connectivity index (χ0n) is 24.8. The lowest BCUT2D eigenvalue weighted by atomic mass is 9.43. The summed E-state index contributed by atoms with van der Waals surface area (Å²) in [6.07, 6.45) is -2.45. The Morgan fingerprint density at radius 1 is 1.02 bits per heavy atom. The minimum atomic E-state index is -1.76. The molecule has 5 aliphatic carbocycles. The maximum atomic E-state index is 13.5. The second-order valence-electron chi connectivity index (χ2n) is 13.6. The summed E-state index contributed by atoms with van der Waals surface area (Å²) in [7, 11) is 8.65. The van der Waals surface area contributed by atoms with E-state index in [0.717, 1.165) is 19.4 Å². The highest BCUT2D eigenvalue weighted by molar-refractivity contribution is 8.93. The summed E-state index contributed by atoms with van der Waals surface area (Å²) >= 11 is 0. The number of aliphatic hydroxyl groups is 3. The molecule has 6 aliphatic rings. The van der Waals surface area contributed by atoms with Crippen molar-refractivity contribution in [2.24, 2.45) is 34.5 Å². The van der Waals surface area contributed by atoms with Gasteiger partial charge in [0.1, 0.15) is 29.5 Å². The molecule has 1 aromatic rings. The number of hydrogen-bond acceptors (Lipinski definition) is 10. The number of rotatable bonds is 7. The van der Waals surface area contributed by atoms with Gasteiger partial charge in [-0.15, -0.1) is 17.0 Å². The lowest BCUT2D eigenvalue weighted by Gasteiger charge is -2.69. The monoisotopic (exact) mass is 653 g/mol. The lowest BCUT2D eigenvalue weighted by molar-refractivity contribution is -0.313. The molecule has 1 spiro atoms. The van der Waals surface area contributed by atoms with E-state index in [4.69, 9.17) is 23.7 Å². The number of aliphatic hydroxyl groups excluding tert-OH is 1. The number of carbonyl (C=O) groups is 1. The quantitative estimate of drug-likeness (QED) is 0.371. The maximum Gasteiger partial charge on any atom is 0.338 e. The molecule has 1 heterocycles. The first kappa shape index (κ1) is 30.9. The van der Waals surface area contributed by atoms with Crippen LogP contribution in [0.25, 0.3) is 0 Å². The van der Waals surface area contributed by atoms with Crippen LogP contribution in [0.1, 0.15) is 29.6 Å². The van der Waals surface area contributed by atoms with Crippen LogP contribution in [0.15, 0.2) is 30.3 Å². The number of benzene rings is 1. The number of piperidine rings is 1. The van der Waals surface area contributed by atoms with Crippen molar-refractivity contribution in [1.29, 1.82) is 0 Å². The van der Waals surface area contributed by atoms with Gasteiger partial charge in [0.2, 0.25) is 0 Å². The fraction of sp³-hybridized carbons (Fsp3) is 0.774. The fourth-order valence-electron chi connectivity index (χ4n) is 11.8. The van der Waals surface area contributed by atoms with Crippen molar-refractivity contribution in [3.05, 3.63) is 35.9 Å². The number of methoxy groups -OCH3 is 4. The van der Waals surface area contributed by atoms with Crippen molar-refractivity contribution >= 4 is 23.0 Å². The molecule has 1 aliphatic heterocycles. The number of likely N-dealkylation sites (tertiary alicyclic amines) is 1. The van der Waals surface area contributed by atoms with E-state index < -0.39 is 58.8 Å². The summed E-state index contributed by atoms with van der Waals surface area (Å²) in [6, 6.07) is 8.46. The summed E-state index contributed by atoms with van der Waals surface area (Å²) < 4.78 is 30.6. The van der Waals surface area contributed by atoms with E-state index in [1.807, 2.05) is 6.07 Å². The Kier molecular flexibility index (Phi) is 7.48. The third-order valence-electron chi connectivity index (χ3n) is 12.5. The second-order valence-corrected chi connectivity index (χ2v) is 13.6. The first-order chi connectivity index (χ1) is 19.6. The molecule has 11 heteroatoms. The van der Waals surface area contributed by atoms with E-state index in [1.165, 1.54) is 7.11 Å².